The number of rotatable bonds is 3. The molecule has 1 aliphatic rings. The Morgan fingerprint density at radius 3 is 2.65 bits per heavy atom. The zero-order chi connectivity index (χ0) is 15.8. The average Bonchev–Trinajstić information content (AvgIpc) is 2.93. The van der Waals surface area contributed by atoms with Crippen molar-refractivity contribution in [2.45, 2.75) is 38.8 Å². The van der Waals surface area contributed by atoms with Crippen LogP contribution in [0.5, 0.6) is 0 Å². The van der Waals surface area contributed by atoms with E-state index in [0.717, 1.165) is 19.5 Å². The Morgan fingerprint density at radius 2 is 1.83 bits per heavy atom. The van der Waals surface area contributed by atoms with Crippen molar-refractivity contribution in [3.05, 3.63) is 71.4 Å². The molecule has 2 atom stereocenters. The minimum atomic E-state index is 0.560. The largest absolute Gasteiger partial charge is 0.357 e. The predicted molar refractivity (Wildman–Crippen MR) is 96.7 cm³/mol. The second-order valence-electron chi connectivity index (χ2n) is 6.92. The molecule has 0 saturated heterocycles. The third-order valence-electron chi connectivity index (χ3n) is 5.26. The number of para-hydroxylation sites is 1. The van der Waals surface area contributed by atoms with Gasteiger partial charge in [-0.2, -0.15) is 0 Å². The molecule has 3 aromatic rings. The van der Waals surface area contributed by atoms with Gasteiger partial charge in [0.1, 0.15) is 0 Å². The molecular formula is C21H24N2. The lowest BCUT2D eigenvalue weighted by Gasteiger charge is -2.35. The summed E-state index contributed by atoms with van der Waals surface area (Å²) in [6, 6.07) is 20.1. The van der Waals surface area contributed by atoms with Gasteiger partial charge >= 0.3 is 0 Å². The quantitative estimate of drug-likeness (QED) is 0.742. The van der Waals surface area contributed by atoms with Crippen molar-refractivity contribution in [3.8, 4) is 0 Å². The highest BCUT2D eigenvalue weighted by molar-refractivity contribution is 5.84. The third kappa shape index (κ3) is 2.68. The molecule has 0 saturated carbocycles. The van der Waals surface area contributed by atoms with Crippen LogP contribution < -0.4 is 0 Å². The number of fused-ring (bicyclic) bond motifs is 3. The second-order valence-corrected chi connectivity index (χ2v) is 6.92. The lowest BCUT2D eigenvalue weighted by atomic mass is 9.94. The van der Waals surface area contributed by atoms with Crippen LogP contribution in [0.2, 0.25) is 0 Å². The smallest absolute Gasteiger partial charge is 0.0459 e. The highest BCUT2D eigenvalue weighted by Crippen LogP contribution is 2.31. The van der Waals surface area contributed by atoms with E-state index in [0.29, 0.717) is 12.0 Å². The predicted octanol–water partition coefficient (Wildman–Crippen LogP) is 4.72. The monoisotopic (exact) mass is 304 g/mol. The molecule has 2 nitrogen and oxygen atoms in total. The molecule has 2 heterocycles. The maximum atomic E-state index is 3.64. The molecule has 118 valence electrons. The topological polar surface area (TPSA) is 19.0 Å². The fourth-order valence-corrected chi connectivity index (χ4v) is 3.89. The summed E-state index contributed by atoms with van der Waals surface area (Å²) in [6.07, 6.45) is 1.14. The minimum Gasteiger partial charge on any atom is -0.357 e. The molecule has 0 unspecified atom stereocenters. The van der Waals surface area contributed by atoms with Crippen LogP contribution in [-0.2, 0) is 13.0 Å². The number of nitrogens with zero attached hydrogens (tertiary/aromatic N) is 1. The Hall–Kier alpha value is -2.06. The molecule has 0 spiro atoms. The van der Waals surface area contributed by atoms with Crippen molar-refractivity contribution in [1.29, 1.82) is 0 Å². The van der Waals surface area contributed by atoms with Crippen molar-refractivity contribution in [2.24, 2.45) is 0 Å². The Labute approximate surface area is 138 Å². The minimum absolute atomic E-state index is 0.560. The van der Waals surface area contributed by atoms with Crippen LogP contribution in [0.1, 0.15) is 36.6 Å². The molecule has 2 heteroatoms. The van der Waals surface area contributed by atoms with Crippen LogP contribution >= 0.6 is 0 Å². The number of benzene rings is 2. The third-order valence-corrected chi connectivity index (χ3v) is 5.26. The maximum absolute atomic E-state index is 3.64. The number of hydrogen-bond donors (Lipinski definition) is 1. The molecule has 0 fully saturated rings. The van der Waals surface area contributed by atoms with E-state index in [1.54, 1.807) is 0 Å². The normalized spacial score (nSPS) is 19.7. The first-order chi connectivity index (χ1) is 11.2. The van der Waals surface area contributed by atoms with E-state index in [-0.39, 0.29) is 0 Å². The van der Waals surface area contributed by atoms with E-state index < -0.39 is 0 Å². The van der Waals surface area contributed by atoms with Crippen LogP contribution in [0.15, 0.2) is 54.6 Å². The van der Waals surface area contributed by atoms with Crippen molar-refractivity contribution in [2.75, 3.05) is 6.54 Å². The van der Waals surface area contributed by atoms with Gasteiger partial charge < -0.3 is 4.98 Å². The highest BCUT2D eigenvalue weighted by Gasteiger charge is 2.27. The molecule has 0 aliphatic carbocycles. The first-order valence-electron chi connectivity index (χ1n) is 8.60. The van der Waals surface area contributed by atoms with Gasteiger partial charge in [0.15, 0.2) is 0 Å². The van der Waals surface area contributed by atoms with Gasteiger partial charge in [-0.25, -0.2) is 0 Å². The lowest BCUT2D eigenvalue weighted by molar-refractivity contribution is 0.174. The summed E-state index contributed by atoms with van der Waals surface area (Å²) in [6.45, 7) is 6.84. The number of H-pyrrole nitrogens is 1. The Bertz CT molecular complexity index is 803. The first-order valence-corrected chi connectivity index (χ1v) is 8.60. The van der Waals surface area contributed by atoms with Gasteiger partial charge in [-0.05, 0) is 36.5 Å². The molecule has 1 aliphatic heterocycles. The number of aromatic amines is 1. The van der Waals surface area contributed by atoms with Gasteiger partial charge in [0.05, 0.1) is 0 Å². The van der Waals surface area contributed by atoms with Crippen molar-refractivity contribution in [3.63, 3.8) is 0 Å². The summed E-state index contributed by atoms with van der Waals surface area (Å²) in [4.78, 5) is 6.26. The van der Waals surface area contributed by atoms with Crippen molar-refractivity contribution >= 4 is 10.9 Å². The van der Waals surface area contributed by atoms with E-state index in [2.05, 4.69) is 78.3 Å². The van der Waals surface area contributed by atoms with Gasteiger partial charge in [-0.15, -0.1) is 0 Å². The molecule has 0 bridgehead atoms. The van der Waals surface area contributed by atoms with Crippen LogP contribution in [0, 0.1) is 0 Å². The van der Waals surface area contributed by atoms with E-state index >= 15 is 0 Å². The molecule has 2 aromatic carbocycles. The summed E-state index contributed by atoms with van der Waals surface area (Å²) < 4.78 is 0. The molecule has 1 N–H and O–H groups in total. The molecule has 0 radical (unpaired) electrons. The summed E-state index contributed by atoms with van der Waals surface area (Å²) in [5.41, 5.74) is 5.64. The SMILES string of the molecule is C[C@H](CN1Cc2[nH]c3ccccc3c2C[C@H]1C)c1ccccc1. The first kappa shape index (κ1) is 14.5. The van der Waals surface area contributed by atoms with Gasteiger partial charge in [-0.3, -0.25) is 4.90 Å². The molecule has 1 aromatic heterocycles. The zero-order valence-corrected chi connectivity index (χ0v) is 13.9. The maximum Gasteiger partial charge on any atom is 0.0459 e. The van der Waals surface area contributed by atoms with Crippen LogP contribution in [0.4, 0.5) is 0 Å². The van der Waals surface area contributed by atoms with E-state index in [9.17, 15) is 0 Å². The fraction of sp³-hybridized carbons (Fsp3) is 0.333. The van der Waals surface area contributed by atoms with E-state index in [4.69, 9.17) is 0 Å². The van der Waals surface area contributed by atoms with Crippen molar-refractivity contribution < 1.29 is 0 Å². The molecule has 23 heavy (non-hydrogen) atoms. The van der Waals surface area contributed by atoms with Crippen LogP contribution in [-0.4, -0.2) is 22.5 Å². The Kier molecular flexibility index (Phi) is 3.70. The van der Waals surface area contributed by atoms with Gasteiger partial charge in [0.25, 0.3) is 0 Å². The number of nitrogens with one attached hydrogen (secondary N) is 1. The van der Waals surface area contributed by atoms with Gasteiger partial charge in [-0.1, -0.05) is 55.5 Å². The lowest BCUT2D eigenvalue weighted by Crippen LogP contribution is -2.40. The van der Waals surface area contributed by atoms with Crippen LogP contribution in [0.25, 0.3) is 10.9 Å². The highest BCUT2D eigenvalue weighted by atomic mass is 15.2. The summed E-state index contributed by atoms with van der Waals surface area (Å²) in [7, 11) is 0. The summed E-state index contributed by atoms with van der Waals surface area (Å²) >= 11 is 0. The molecule has 0 amide bonds. The van der Waals surface area contributed by atoms with E-state index in [1.165, 1.54) is 27.7 Å². The number of aromatic nitrogens is 1. The summed E-state index contributed by atoms with van der Waals surface area (Å²) in [5, 5.41) is 1.41. The second kappa shape index (κ2) is 5.86. The molecular weight excluding hydrogens is 280 g/mol. The Balaban J connectivity index is 1.57. The van der Waals surface area contributed by atoms with Gasteiger partial charge in [0, 0.05) is 35.7 Å². The summed E-state index contributed by atoms with van der Waals surface area (Å²) in [5.74, 6) is 0.560. The standard InChI is InChI=1S/C21H24N2/c1-15(17-8-4-3-5-9-17)13-23-14-21-19(12-16(23)2)18-10-6-7-11-20(18)22-21/h3-11,15-16,22H,12-14H2,1-2H3/t15-,16-/m1/s1. The molecule has 4 rings (SSSR count). The number of hydrogen-bond acceptors (Lipinski definition) is 1. The zero-order valence-electron chi connectivity index (χ0n) is 13.9. The van der Waals surface area contributed by atoms with Crippen LogP contribution in [0.3, 0.4) is 0 Å². The Morgan fingerprint density at radius 1 is 1.09 bits per heavy atom. The van der Waals surface area contributed by atoms with Crippen molar-refractivity contribution in [1.82, 2.24) is 9.88 Å². The average molecular weight is 304 g/mol. The van der Waals surface area contributed by atoms with E-state index in [1.807, 2.05) is 0 Å². The fourth-order valence-electron chi connectivity index (χ4n) is 3.89. The van der Waals surface area contributed by atoms with Gasteiger partial charge in [0.2, 0.25) is 0 Å².